The summed E-state index contributed by atoms with van der Waals surface area (Å²) in [5.41, 5.74) is 0. The van der Waals surface area contributed by atoms with E-state index < -0.39 is 75.1 Å². The molecule has 0 fully saturated rings. The maximum atomic E-state index is 12.4. The van der Waals surface area contributed by atoms with Crippen molar-refractivity contribution in [2.45, 2.75) is 36.6 Å². The van der Waals surface area contributed by atoms with Gasteiger partial charge in [0, 0.05) is 0 Å². The third-order valence-corrected chi connectivity index (χ3v) is 20.2. The van der Waals surface area contributed by atoms with Crippen molar-refractivity contribution in [3.8, 4) is 0 Å². The molecule has 0 amide bonds. The summed E-state index contributed by atoms with van der Waals surface area (Å²) < 4.78 is 31.5. The molecule has 14 heteroatoms. The van der Waals surface area contributed by atoms with Gasteiger partial charge in [-0.15, -0.1) is 0 Å². The van der Waals surface area contributed by atoms with Gasteiger partial charge in [0.1, 0.15) is 0 Å². The molecular formula is C20H24O12Sn2. The van der Waals surface area contributed by atoms with Gasteiger partial charge in [-0.1, -0.05) is 0 Å². The average Bonchev–Trinajstić information content (AvgIpc) is 2.89. The van der Waals surface area contributed by atoms with Crippen LogP contribution in [0.2, 0.25) is 8.87 Å². The third-order valence-electron chi connectivity index (χ3n) is 3.92. The Morgan fingerprint density at radius 2 is 0.941 bits per heavy atom. The molecule has 0 spiro atoms. The van der Waals surface area contributed by atoms with Crippen LogP contribution in [-0.4, -0.2) is 75.1 Å². The van der Waals surface area contributed by atoms with Crippen LogP contribution in [0.4, 0.5) is 0 Å². The van der Waals surface area contributed by atoms with E-state index in [0.717, 1.165) is 24.3 Å². The molecule has 0 radical (unpaired) electrons. The molecule has 0 bridgehead atoms. The molecule has 184 valence electrons. The molecule has 0 N–H and O–H groups in total. The molecule has 0 aromatic heterocycles. The van der Waals surface area contributed by atoms with Crippen molar-refractivity contribution >= 4 is 75.1 Å². The fourth-order valence-electron chi connectivity index (χ4n) is 2.91. The average molecular weight is 694 g/mol. The molecule has 12 nitrogen and oxygen atoms in total. The second-order valence-electron chi connectivity index (χ2n) is 8.09. The van der Waals surface area contributed by atoms with Crippen LogP contribution in [0.3, 0.4) is 0 Å². The number of carbonyl (C=O) groups excluding carboxylic acids is 6. The maximum absolute atomic E-state index is 12.4. The van der Waals surface area contributed by atoms with Crippen LogP contribution in [-0.2, 0) is 47.2 Å². The normalized spacial score (nSPS) is 19.1. The molecule has 2 rings (SSSR count). The van der Waals surface area contributed by atoms with Crippen LogP contribution in [0.1, 0.15) is 27.7 Å². The number of hydrogen-bond acceptors (Lipinski definition) is 12. The molecule has 0 aromatic rings. The van der Waals surface area contributed by atoms with Gasteiger partial charge in [-0.25, -0.2) is 0 Å². The fourth-order valence-corrected chi connectivity index (χ4v) is 17.2. The molecule has 34 heavy (non-hydrogen) atoms. The van der Waals surface area contributed by atoms with Crippen LogP contribution in [0.15, 0.2) is 36.5 Å². The van der Waals surface area contributed by atoms with Crippen LogP contribution >= 0.6 is 0 Å². The van der Waals surface area contributed by atoms with E-state index in [1.165, 1.54) is 0 Å². The molecule has 2 heterocycles. The molecule has 0 atom stereocenters. The second-order valence-corrected chi connectivity index (χ2v) is 21.7. The SMILES string of the molecule is CC(C)[CH2][Sn]1([O]C(=O)/C=C\C(=O)[O][Sn]2([CH2]C(C)C)[O]C(=O)C=CC(=O)[O]2)[O]C(=O)C=CC(=O)[O]1. The van der Waals surface area contributed by atoms with Crippen molar-refractivity contribution in [1.82, 2.24) is 0 Å². The van der Waals surface area contributed by atoms with Crippen molar-refractivity contribution < 1.29 is 47.2 Å². The van der Waals surface area contributed by atoms with Crippen molar-refractivity contribution in [3.63, 3.8) is 0 Å². The molecule has 0 aliphatic carbocycles. The van der Waals surface area contributed by atoms with Gasteiger partial charge in [-0.2, -0.15) is 0 Å². The Bertz CT molecular complexity index is 847. The molecule has 0 unspecified atom stereocenters. The van der Waals surface area contributed by atoms with Gasteiger partial charge in [-0.05, 0) is 0 Å². The van der Waals surface area contributed by atoms with Crippen LogP contribution in [0.25, 0.3) is 0 Å². The Morgan fingerprint density at radius 1 is 0.676 bits per heavy atom. The third kappa shape index (κ3) is 8.77. The monoisotopic (exact) mass is 696 g/mol. The van der Waals surface area contributed by atoms with E-state index in [-0.39, 0.29) is 20.7 Å². The summed E-state index contributed by atoms with van der Waals surface area (Å²) >= 11 is -10.0. The summed E-state index contributed by atoms with van der Waals surface area (Å²) in [6.45, 7) is 7.02. The predicted molar refractivity (Wildman–Crippen MR) is 115 cm³/mol. The van der Waals surface area contributed by atoms with E-state index in [4.69, 9.17) is 18.4 Å². The molecule has 0 aromatic carbocycles. The van der Waals surface area contributed by atoms with Gasteiger partial charge in [0.25, 0.3) is 0 Å². The van der Waals surface area contributed by atoms with Gasteiger partial charge in [-0.3, -0.25) is 0 Å². The van der Waals surface area contributed by atoms with Crippen molar-refractivity contribution in [2.75, 3.05) is 0 Å². The Balaban J connectivity index is 2.15. The molecular weight excluding hydrogens is 670 g/mol. The number of carbonyl (C=O) groups is 6. The van der Waals surface area contributed by atoms with Gasteiger partial charge < -0.3 is 0 Å². The van der Waals surface area contributed by atoms with E-state index in [9.17, 15) is 28.8 Å². The van der Waals surface area contributed by atoms with E-state index in [1.54, 1.807) is 27.7 Å². The van der Waals surface area contributed by atoms with E-state index in [1.807, 2.05) is 0 Å². The van der Waals surface area contributed by atoms with E-state index in [2.05, 4.69) is 0 Å². The first-order valence-electron chi connectivity index (χ1n) is 10.2. The zero-order valence-electron chi connectivity index (χ0n) is 18.9. The summed E-state index contributed by atoms with van der Waals surface area (Å²) in [5, 5.41) is 0. The molecule has 0 saturated heterocycles. The van der Waals surface area contributed by atoms with E-state index >= 15 is 0 Å². The standard InChI is InChI=1S/3C4H4O4.2C4H9.2Sn/c3*5-3(6)1-2-4(7)8;2*1-4(2)3;;/h3*1-2H,(H,5,6)(H,7,8);2*4H,1H2,2-3H3;;/q;;;;;2*+3/p-6/b2-1-;;;;;;. The van der Waals surface area contributed by atoms with Crippen molar-refractivity contribution in [3.05, 3.63) is 36.5 Å². The Morgan fingerprint density at radius 3 is 1.18 bits per heavy atom. The summed E-state index contributed by atoms with van der Waals surface area (Å²) in [6.07, 6.45) is 4.85. The van der Waals surface area contributed by atoms with Crippen molar-refractivity contribution in [1.29, 1.82) is 0 Å². The first-order chi connectivity index (χ1) is 15.8. The topological polar surface area (TPSA) is 158 Å². The zero-order valence-corrected chi connectivity index (χ0v) is 24.6. The van der Waals surface area contributed by atoms with Gasteiger partial charge in [0.2, 0.25) is 0 Å². The first kappa shape index (κ1) is 27.9. The summed E-state index contributed by atoms with van der Waals surface area (Å²) in [7, 11) is 0. The molecule has 2 aliphatic rings. The Kier molecular flexibility index (Phi) is 9.72. The Labute approximate surface area is 206 Å². The molecule has 2 aliphatic heterocycles. The summed E-state index contributed by atoms with van der Waals surface area (Å²) in [6, 6.07) is 0. The van der Waals surface area contributed by atoms with Crippen LogP contribution in [0, 0.1) is 11.8 Å². The van der Waals surface area contributed by atoms with E-state index in [0.29, 0.717) is 12.2 Å². The fraction of sp³-hybridized carbons (Fsp3) is 0.400. The van der Waals surface area contributed by atoms with Gasteiger partial charge in [0.15, 0.2) is 0 Å². The number of rotatable bonds is 8. The number of hydrogen-bond donors (Lipinski definition) is 0. The molecule has 0 saturated carbocycles. The van der Waals surface area contributed by atoms with Gasteiger partial charge >= 0.3 is 207 Å². The van der Waals surface area contributed by atoms with Crippen LogP contribution in [0.5, 0.6) is 0 Å². The minimum atomic E-state index is -5.02. The zero-order chi connectivity index (χ0) is 25.5. The predicted octanol–water partition coefficient (Wildman–Crippen LogP) is 1.13. The first-order valence-corrected chi connectivity index (χ1v) is 21.3. The quantitative estimate of drug-likeness (QED) is 0.264. The van der Waals surface area contributed by atoms with Crippen LogP contribution < -0.4 is 0 Å². The van der Waals surface area contributed by atoms with Crippen molar-refractivity contribution in [2.24, 2.45) is 11.8 Å². The Hall–Kier alpha value is -2.36. The second kappa shape index (κ2) is 11.9. The minimum absolute atomic E-state index is 0.0325. The summed E-state index contributed by atoms with van der Waals surface area (Å²) in [4.78, 5) is 72.2. The summed E-state index contributed by atoms with van der Waals surface area (Å²) in [5.74, 6) is -6.03. The van der Waals surface area contributed by atoms with Gasteiger partial charge in [0.05, 0.1) is 0 Å².